The molecule has 3 heterocycles. The van der Waals surface area contributed by atoms with Gasteiger partial charge in [0.15, 0.2) is 5.69 Å². The third-order valence-electron chi connectivity index (χ3n) is 4.62. The van der Waals surface area contributed by atoms with Crippen molar-refractivity contribution in [2.24, 2.45) is 0 Å². The van der Waals surface area contributed by atoms with E-state index in [-0.39, 0.29) is 5.91 Å². The summed E-state index contributed by atoms with van der Waals surface area (Å²) in [4.78, 5) is 20.2. The second kappa shape index (κ2) is 9.05. The number of aromatic nitrogens is 4. The van der Waals surface area contributed by atoms with Gasteiger partial charge < -0.3 is 10.1 Å². The van der Waals surface area contributed by atoms with E-state index in [1.54, 1.807) is 16.4 Å². The maximum atomic E-state index is 12.4. The molecule has 1 N–H and O–H groups in total. The van der Waals surface area contributed by atoms with Crippen LogP contribution < -0.4 is 5.32 Å². The van der Waals surface area contributed by atoms with Crippen LogP contribution in [0.2, 0.25) is 0 Å². The van der Waals surface area contributed by atoms with Crippen LogP contribution in [0.15, 0.2) is 42.0 Å². The number of carbonyl (C=O) groups is 1. The number of ether oxygens (including phenoxy) is 1. The Morgan fingerprint density at radius 3 is 2.82 bits per heavy atom. The van der Waals surface area contributed by atoms with E-state index in [0.717, 1.165) is 49.0 Å². The van der Waals surface area contributed by atoms with Gasteiger partial charge in [0.2, 0.25) is 0 Å². The molecule has 2 aromatic heterocycles. The lowest BCUT2D eigenvalue weighted by Crippen LogP contribution is -2.38. The molecule has 3 aromatic rings. The highest BCUT2D eigenvalue weighted by Gasteiger charge is 2.15. The van der Waals surface area contributed by atoms with Gasteiger partial charge in [0.1, 0.15) is 0 Å². The molecule has 0 atom stereocenters. The summed E-state index contributed by atoms with van der Waals surface area (Å²) < 4.78 is 7.06. The number of rotatable bonds is 7. The van der Waals surface area contributed by atoms with E-state index >= 15 is 0 Å². The number of hydrogen-bond donors (Lipinski definition) is 1. The average Bonchev–Trinajstić information content (AvgIpc) is 3.41. The molecule has 1 aliphatic rings. The molecule has 9 heteroatoms. The van der Waals surface area contributed by atoms with Gasteiger partial charge in [-0.05, 0) is 0 Å². The standard InChI is InChI=1S/C19H22N6O2S/c26-19(16-13-25(23-22-16)7-6-24-8-10-27-11-9-24)20-12-17-18(21-14-28-17)15-4-2-1-3-5-15/h1-5,13-14H,6-12H2,(H,20,26). The van der Waals surface area contributed by atoms with E-state index < -0.39 is 0 Å². The molecule has 1 amide bonds. The van der Waals surface area contributed by atoms with Crippen molar-refractivity contribution in [3.05, 3.63) is 52.6 Å². The summed E-state index contributed by atoms with van der Waals surface area (Å²) >= 11 is 1.53. The molecule has 0 unspecified atom stereocenters. The zero-order valence-electron chi connectivity index (χ0n) is 15.5. The molecule has 0 radical (unpaired) electrons. The SMILES string of the molecule is O=C(NCc1scnc1-c1ccccc1)c1cn(CCN2CCOCC2)nn1. The zero-order chi connectivity index (χ0) is 19.2. The predicted molar refractivity (Wildman–Crippen MR) is 106 cm³/mol. The Labute approximate surface area is 167 Å². The van der Waals surface area contributed by atoms with Crippen LogP contribution in [-0.2, 0) is 17.8 Å². The Kier molecular flexibility index (Phi) is 6.05. The first-order chi connectivity index (χ1) is 13.8. The van der Waals surface area contributed by atoms with Gasteiger partial charge in [-0.25, -0.2) is 4.98 Å². The van der Waals surface area contributed by atoms with Crippen LogP contribution in [0.3, 0.4) is 0 Å². The number of nitrogens with zero attached hydrogens (tertiary/aromatic N) is 5. The molecule has 0 bridgehead atoms. The lowest BCUT2D eigenvalue weighted by atomic mass is 10.1. The highest BCUT2D eigenvalue weighted by Crippen LogP contribution is 2.25. The van der Waals surface area contributed by atoms with E-state index in [1.807, 2.05) is 30.3 Å². The maximum absolute atomic E-state index is 12.4. The van der Waals surface area contributed by atoms with Crippen molar-refractivity contribution in [3.8, 4) is 11.3 Å². The van der Waals surface area contributed by atoms with Gasteiger partial charge in [-0.3, -0.25) is 14.4 Å². The topological polar surface area (TPSA) is 85.2 Å². The maximum Gasteiger partial charge on any atom is 0.273 e. The van der Waals surface area contributed by atoms with E-state index in [0.29, 0.717) is 18.8 Å². The lowest BCUT2D eigenvalue weighted by molar-refractivity contribution is 0.0359. The van der Waals surface area contributed by atoms with Crippen LogP contribution in [0, 0.1) is 0 Å². The van der Waals surface area contributed by atoms with Crippen molar-refractivity contribution >= 4 is 17.2 Å². The van der Waals surface area contributed by atoms with Gasteiger partial charge in [-0.1, -0.05) is 35.5 Å². The molecule has 1 aromatic carbocycles. The minimum absolute atomic E-state index is 0.231. The fourth-order valence-corrected chi connectivity index (χ4v) is 3.78. The molecule has 146 valence electrons. The molecule has 1 saturated heterocycles. The molecule has 1 aliphatic heterocycles. The quantitative estimate of drug-likeness (QED) is 0.652. The van der Waals surface area contributed by atoms with Gasteiger partial charge in [-0.15, -0.1) is 16.4 Å². The Morgan fingerprint density at radius 1 is 1.18 bits per heavy atom. The Morgan fingerprint density at radius 2 is 2.00 bits per heavy atom. The van der Waals surface area contributed by atoms with E-state index in [4.69, 9.17) is 4.74 Å². The monoisotopic (exact) mass is 398 g/mol. The van der Waals surface area contributed by atoms with Crippen molar-refractivity contribution < 1.29 is 9.53 Å². The Bertz CT molecular complexity index is 904. The molecular formula is C19H22N6O2S. The van der Waals surface area contributed by atoms with Crippen LogP contribution >= 0.6 is 11.3 Å². The summed E-state index contributed by atoms with van der Waals surface area (Å²) in [5, 5.41) is 11.0. The molecule has 4 rings (SSSR count). The lowest BCUT2D eigenvalue weighted by Gasteiger charge is -2.26. The highest BCUT2D eigenvalue weighted by atomic mass is 32.1. The molecule has 0 aliphatic carbocycles. The van der Waals surface area contributed by atoms with Crippen molar-refractivity contribution in [1.29, 1.82) is 0 Å². The normalized spacial score (nSPS) is 14.9. The molecule has 0 spiro atoms. The van der Waals surface area contributed by atoms with Crippen molar-refractivity contribution in [2.45, 2.75) is 13.1 Å². The average molecular weight is 398 g/mol. The second-order valence-corrected chi connectivity index (χ2v) is 7.43. The highest BCUT2D eigenvalue weighted by molar-refractivity contribution is 7.10. The number of amides is 1. The smallest absolute Gasteiger partial charge is 0.273 e. The summed E-state index contributed by atoms with van der Waals surface area (Å²) in [7, 11) is 0. The van der Waals surface area contributed by atoms with E-state index in [1.165, 1.54) is 11.3 Å². The summed E-state index contributed by atoms with van der Waals surface area (Å²) in [6.07, 6.45) is 1.69. The second-order valence-electron chi connectivity index (χ2n) is 6.49. The molecule has 8 nitrogen and oxygen atoms in total. The van der Waals surface area contributed by atoms with Crippen LogP contribution in [0.5, 0.6) is 0 Å². The number of hydrogen-bond acceptors (Lipinski definition) is 7. The zero-order valence-corrected chi connectivity index (χ0v) is 16.3. The van der Waals surface area contributed by atoms with Crippen LogP contribution in [0.25, 0.3) is 11.3 Å². The first-order valence-electron chi connectivity index (χ1n) is 9.26. The molecule has 1 fully saturated rings. The molecule has 28 heavy (non-hydrogen) atoms. The molecular weight excluding hydrogens is 376 g/mol. The van der Waals surface area contributed by atoms with Gasteiger partial charge in [0.05, 0.1) is 48.6 Å². The van der Waals surface area contributed by atoms with Crippen LogP contribution in [-0.4, -0.2) is 63.6 Å². The van der Waals surface area contributed by atoms with Gasteiger partial charge >= 0.3 is 0 Å². The van der Waals surface area contributed by atoms with Gasteiger partial charge in [-0.2, -0.15) is 0 Å². The third kappa shape index (κ3) is 4.61. The fourth-order valence-electron chi connectivity index (χ4n) is 3.06. The minimum atomic E-state index is -0.231. The Balaban J connectivity index is 1.31. The van der Waals surface area contributed by atoms with Crippen LogP contribution in [0.4, 0.5) is 0 Å². The van der Waals surface area contributed by atoms with Crippen molar-refractivity contribution in [1.82, 2.24) is 30.2 Å². The van der Waals surface area contributed by atoms with E-state index in [9.17, 15) is 4.79 Å². The number of morpholine rings is 1. The van der Waals surface area contributed by atoms with Gasteiger partial charge in [0, 0.05) is 25.2 Å². The minimum Gasteiger partial charge on any atom is -0.379 e. The van der Waals surface area contributed by atoms with Crippen molar-refractivity contribution in [3.63, 3.8) is 0 Å². The van der Waals surface area contributed by atoms with Crippen molar-refractivity contribution in [2.75, 3.05) is 32.8 Å². The summed E-state index contributed by atoms with van der Waals surface area (Å²) in [6, 6.07) is 9.96. The summed E-state index contributed by atoms with van der Waals surface area (Å²) in [5.74, 6) is -0.231. The summed E-state index contributed by atoms with van der Waals surface area (Å²) in [5.41, 5.74) is 4.07. The summed E-state index contributed by atoms with van der Waals surface area (Å²) in [6.45, 7) is 5.39. The predicted octanol–water partition coefficient (Wildman–Crippen LogP) is 1.66. The molecule has 0 saturated carbocycles. The first kappa shape index (κ1) is 18.7. The number of nitrogens with one attached hydrogen (secondary N) is 1. The Hall–Kier alpha value is -2.62. The number of carbonyl (C=O) groups excluding carboxylic acids is 1. The van der Waals surface area contributed by atoms with E-state index in [2.05, 4.69) is 25.5 Å². The largest absolute Gasteiger partial charge is 0.379 e. The fraction of sp³-hybridized carbons (Fsp3) is 0.368. The number of thiazole rings is 1. The third-order valence-corrected chi connectivity index (χ3v) is 5.45. The van der Waals surface area contributed by atoms with Crippen LogP contribution in [0.1, 0.15) is 15.4 Å². The first-order valence-corrected chi connectivity index (χ1v) is 10.1. The number of benzene rings is 1. The van der Waals surface area contributed by atoms with Gasteiger partial charge in [0.25, 0.3) is 5.91 Å².